The summed E-state index contributed by atoms with van der Waals surface area (Å²) in [5, 5.41) is 11.7. The van der Waals surface area contributed by atoms with Crippen molar-refractivity contribution in [1.82, 2.24) is 0 Å². The number of aryl methyl sites for hydroxylation is 2. The largest absolute Gasteiger partial charge is 0.492 e. The van der Waals surface area contributed by atoms with E-state index in [1.165, 1.54) is 6.26 Å². The number of rotatable bonds is 6. The Morgan fingerprint density at radius 1 is 1.30 bits per heavy atom. The van der Waals surface area contributed by atoms with Gasteiger partial charge >= 0.3 is 5.97 Å². The SMILES string of the molecule is CCOc1cc(C)ccc1NC(=O)c1c(C)coc1CC(=O)O. The van der Waals surface area contributed by atoms with E-state index in [1.807, 2.05) is 26.0 Å². The molecule has 122 valence electrons. The van der Waals surface area contributed by atoms with Crippen LogP contribution in [0.15, 0.2) is 28.9 Å². The molecule has 0 unspecified atom stereocenters. The van der Waals surface area contributed by atoms with Gasteiger partial charge in [-0.2, -0.15) is 0 Å². The van der Waals surface area contributed by atoms with Crippen LogP contribution in [0.3, 0.4) is 0 Å². The fourth-order valence-corrected chi connectivity index (χ4v) is 2.26. The summed E-state index contributed by atoms with van der Waals surface area (Å²) < 4.78 is 10.7. The van der Waals surface area contributed by atoms with E-state index in [2.05, 4.69) is 5.32 Å². The lowest BCUT2D eigenvalue weighted by Gasteiger charge is -2.12. The van der Waals surface area contributed by atoms with Crippen LogP contribution < -0.4 is 10.1 Å². The maximum atomic E-state index is 12.5. The van der Waals surface area contributed by atoms with Crippen LogP contribution in [0.1, 0.15) is 34.2 Å². The average Bonchev–Trinajstić information content (AvgIpc) is 2.82. The van der Waals surface area contributed by atoms with Crippen molar-refractivity contribution < 1.29 is 23.8 Å². The number of anilines is 1. The predicted molar refractivity (Wildman–Crippen MR) is 85.1 cm³/mol. The molecule has 2 N–H and O–H groups in total. The maximum absolute atomic E-state index is 12.5. The molecule has 1 amide bonds. The molecule has 6 heteroatoms. The van der Waals surface area contributed by atoms with E-state index in [9.17, 15) is 9.59 Å². The van der Waals surface area contributed by atoms with Crippen LogP contribution in [-0.2, 0) is 11.2 Å². The maximum Gasteiger partial charge on any atom is 0.311 e. The Bertz CT molecular complexity index is 733. The summed E-state index contributed by atoms with van der Waals surface area (Å²) in [6, 6.07) is 5.45. The number of carboxylic acid groups (broad SMARTS) is 1. The third-order valence-electron chi connectivity index (χ3n) is 3.28. The molecular formula is C17H19NO5. The van der Waals surface area contributed by atoms with Crippen molar-refractivity contribution in [2.45, 2.75) is 27.2 Å². The Morgan fingerprint density at radius 2 is 2.04 bits per heavy atom. The second kappa shape index (κ2) is 7.00. The molecule has 1 heterocycles. The highest BCUT2D eigenvalue weighted by molar-refractivity contribution is 6.07. The van der Waals surface area contributed by atoms with Crippen LogP contribution >= 0.6 is 0 Å². The molecule has 2 aromatic rings. The van der Waals surface area contributed by atoms with Crippen LogP contribution in [0.2, 0.25) is 0 Å². The quantitative estimate of drug-likeness (QED) is 0.854. The molecule has 0 bridgehead atoms. The third-order valence-corrected chi connectivity index (χ3v) is 3.28. The van der Waals surface area contributed by atoms with Gasteiger partial charge in [0.15, 0.2) is 0 Å². The molecule has 2 rings (SSSR count). The lowest BCUT2D eigenvalue weighted by atomic mass is 10.1. The number of nitrogens with one attached hydrogen (secondary N) is 1. The van der Waals surface area contributed by atoms with E-state index < -0.39 is 11.9 Å². The standard InChI is InChI=1S/C17H19NO5/c1-4-22-13-7-10(2)5-6-12(13)18-17(21)16-11(3)9-23-14(16)8-15(19)20/h5-7,9H,4,8H2,1-3H3,(H,18,21)(H,19,20). The van der Waals surface area contributed by atoms with Crippen molar-refractivity contribution >= 4 is 17.6 Å². The Balaban J connectivity index is 2.29. The van der Waals surface area contributed by atoms with Gasteiger partial charge in [0.1, 0.15) is 17.9 Å². The second-order valence-electron chi connectivity index (χ2n) is 5.17. The topological polar surface area (TPSA) is 88.8 Å². The molecule has 6 nitrogen and oxygen atoms in total. The first-order chi connectivity index (χ1) is 10.9. The summed E-state index contributed by atoms with van der Waals surface area (Å²) in [5.74, 6) is -0.768. The first kappa shape index (κ1) is 16.6. The minimum absolute atomic E-state index is 0.137. The van der Waals surface area contributed by atoms with Crippen molar-refractivity contribution in [3.8, 4) is 5.75 Å². The molecule has 0 aliphatic rings. The minimum atomic E-state index is -1.06. The number of carboxylic acids is 1. The number of hydrogen-bond acceptors (Lipinski definition) is 4. The molecule has 1 aromatic heterocycles. The molecule has 0 aliphatic heterocycles. The van der Waals surface area contributed by atoms with Crippen molar-refractivity contribution in [2.75, 3.05) is 11.9 Å². The van der Waals surface area contributed by atoms with Crippen LogP contribution in [0.25, 0.3) is 0 Å². The summed E-state index contributed by atoms with van der Waals surface area (Å²) in [5.41, 5.74) is 2.38. The van der Waals surface area contributed by atoms with Gasteiger partial charge in [-0.3, -0.25) is 9.59 Å². The highest BCUT2D eigenvalue weighted by Gasteiger charge is 2.21. The van der Waals surface area contributed by atoms with Crippen molar-refractivity contribution in [2.24, 2.45) is 0 Å². The van der Waals surface area contributed by atoms with Crippen LogP contribution in [0.5, 0.6) is 5.75 Å². The van der Waals surface area contributed by atoms with Gasteiger partial charge in [0.25, 0.3) is 5.91 Å². The van der Waals surface area contributed by atoms with Crippen LogP contribution in [0.4, 0.5) is 5.69 Å². The number of amides is 1. The van der Waals surface area contributed by atoms with Gasteiger partial charge in [-0.05, 0) is 38.5 Å². The highest BCUT2D eigenvalue weighted by atomic mass is 16.5. The smallest absolute Gasteiger partial charge is 0.311 e. The highest BCUT2D eigenvalue weighted by Crippen LogP contribution is 2.27. The van der Waals surface area contributed by atoms with Gasteiger partial charge in [0.05, 0.1) is 24.1 Å². The zero-order chi connectivity index (χ0) is 17.0. The zero-order valence-corrected chi connectivity index (χ0v) is 13.3. The van der Waals surface area contributed by atoms with E-state index in [0.29, 0.717) is 23.6 Å². The molecule has 0 radical (unpaired) electrons. The number of benzene rings is 1. The summed E-state index contributed by atoms with van der Waals surface area (Å²) >= 11 is 0. The number of hydrogen-bond donors (Lipinski definition) is 2. The van der Waals surface area contributed by atoms with Crippen LogP contribution in [0, 0.1) is 13.8 Å². The Morgan fingerprint density at radius 3 is 2.70 bits per heavy atom. The number of carbonyl (C=O) groups excluding carboxylic acids is 1. The lowest BCUT2D eigenvalue weighted by molar-refractivity contribution is -0.136. The van der Waals surface area contributed by atoms with Crippen molar-refractivity contribution in [3.05, 3.63) is 46.9 Å². The van der Waals surface area contributed by atoms with E-state index in [-0.39, 0.29) is 17.7 Å². The molecule has 0 saturated heterocycles. The monoisotopic (exact) mass is 317 g/mol. The summed E-state index contributed by atoms with van der Waals surface area (Å²) in [7, 11) is 0. The Kier molecular flexibility index (Phi) is 5.05. The Labute approximate surface area is 134 Å². The van der Waals surface area contributed by atoms with Gasteiger partial charge in [-0.1, -0.05) is 6.07 Å². The molecule has 0 fully saturated rings. The average molecular weight is 317 g/mol. The number of furan rings is 1. The van der Waals surface area contributed by atoms with Crippen molar-refractivity contribution in [3.63, 3.8) is 0 Å². The van der Waals surface area contributed by atoms with Gasteiger partial charge in [0, 0.05) is 5.56 Å². The van der Waals surface area contributed by atoms with Crippen molar-refractivity contribution in [1.29, 1.82) is 0 Å². The molecule has 1 aromatic carbocycles. The molecule has 0 saturated carbocycles. The van der Waals surface area contributed by atoms with E-state index >= 15 is 0 Å². The fraction of sp³-hybridized carbons (Fsp3) is 0.294. The zero-order valence-electron chi connectivity index (χ0n) is 13.3. The summed E-state index contributed by atoms with van der Waals surface area (Å²) in [4.78, 5) is 23.4. The fourth-order valence-electron chi connectivity index (χ4n) is 2.26. The summed E-state index contributed by atoms with van der Waals surface area (Å²) in [6.45, 7) is 5.96. The lowest BCUT2D eigenvalue weighted by Crippen LogP contribution is -2.16. The number of aliphatic carboxylic acids is 1. The van der Waals surface area contributed by atoms with E-state index in [0.717, 1.165) is 5.56 Å². The number of ether oxygens (including phenoxy) is 1. The molecule has 0 spiro atoms. The van der Waals surface area contributed by atoms with Gasteiger partial charge in [-0.15, -0.1) is 0 Å². The molecular weight excluding hydrogens is 298 g/mol. The van der Waals surface area contributed by atoms with Gasteiger partial charge in [-0.25, -0.2) is 0 Å². The summed E-state index contributed by atoms with van der Waals surface area (Å²) in [6.07, 6.45) is 1.04. The Hall–Kier alpha value is -2.76. The first-order valence-corrected chi connectivity index (χ1v) is 7.26. The van der Waals surface area contributed by atoms with Gasteiger partial charge in [0.2, 0.25) is 0 Å². The predicted octanol–water partition coefficient (Wildman–Crippen LogP) is 3.17. The normalized spacial score (nSPS) is 10.4. The minimum Gasteiger partial charge on any atom is -0.492 e. The number of carbonyl (C=O) groups is 2. The molecule has 23 heavy (non-hydrogen) atoms. The third kappa shape index (κ3) is 3.91. The first-order valence-electron chi connectivity index (χ1n) is 7.26. The van der Waals surface area contributed by atoms with E-state index in [1.54, 1.807) is 13.0 Å². The van der Waals surface area contributed by atoms with E-state index in [4.69, 9.17) is 14.3 Å². The second-order valence-corrected chi connectivity index (χ2v) is 5.17. The van der Waals surface area contributed by atoms with Gasteiger partial charge < -0.3 is 19.6 Å². The molecule has 0 aliphatic carbocycles. The molecule has 0 atom stereocenters. The van der Waals surface area contributed by atoms with Crippen LogP contribution in [-0.4, -0.2) is 23.6 Å².